The Balaban J connectivity index is 2.37. The summed E-state index contributed by atoms with van der Waals surface area (Å²) >= 11 is 9.22. The van der Waals surface area contributed by atoms with E-state index in [2.05, 4.69) is 15.9 Å². The number of benzene rings is 1. The van der Waals surface area contributed by atoms with Crippen LogP contribution in [-0.2, 0) is 9.53 Å². The number of hydrogen-bond acceptors (Lipinski definition) is 3. The highest BCUT2D eigenvalue weighted by molar-refractivity contribution is 9.10. The predicted molar refractivity (Wildman–Crippen MR) is 70.5 cm³/mol. The Morgan fingerprint density at radius 2 is 2.24 bits per heavy atom. The molecule has 0 N–H and O–H groups in total. The summed E-state index contributed by atoms with van der Waals surface area (Å²) in [5.41, 5.74) is 0. The fraction of sp³-hybridized carbons (Fsp3) is 0.417. The Morgan fingerprint density at radius 3 is 2.88 bits per heavy atom. The molecule has 0 aliphatic rings. The summed E-state index contributed by atoms with van der Waals surface area (Å²) in [4.78, 5) is 11.3. The second-order valence-corrected chi connectivity index (χ2v) is 4.76. The zero-order valence-electron chi connectivity index (χ0n) is 9.54. The van der Waals surface area contributed by atoms with E-state index in [-0.39, 0.29) is 12.6 Å². The van der Waals surface area contributed by atoms with Crippen molar-refractivity contribution < 1.29 is 14.3 Å². The molecule has 0 saturated carbocycles. The minimum absolute atomic E-state index is 0.120. The fourth-order valence-corrected chi connectivity index (χ4v) is 1.83. The molecule has 94 valence electrons. The van der Waals surface area contributed by atoms with Gasteiger partial charge >= 0.3 is 5.97 Å². The van der Waals surface area contributed by atoms with Crippen molar-refractivity contribution in [1.82, 2.24) is 0 Å². The third-order valence-electron chi connectivity index (χ3n) is 2.00. The Bertz CT molecular complexity index is 382. The second-order valence-electron chi connectivity index (χ2n) is 3.44. The van der Waals surface area contributed by atoms with Gasteiger partial charge in [-0.3, -0.25) is 0 Å². The van der Waals surface area contributed by atoms with Gasteiger partial charge in [-0.15, -0.1) is 0 Å². The molecule has 0 radical (unpaired) electrons. The summed E-state index contributed by atoms with van der Waals surface area (Å²) < 4.78 is 11.1. The third kappa shape index (κ3) is 5.41. The number of esters is 1. The van der Waals surface area contributed by atoms with Crippen LogP contribution in [0.4, 0.5) is 0 Å². The maximum Gasteiger partial charge on any atom is 0.344 e. The van der Waals surface area contributed by atoms with Crippen molar-refractivity contribution in [3.8, 4) is 5.75 Å². The van der Waals surface area contributed by atoms with Crippen molar-refractivity contribution in [3.05, 3.63) is 27.7 Å². The molecule has 0 unspecified atom stereocenters. The van der Waals surface area contributed by atoms with Crippen molar-refractivity contribution >= 4 is 33.5 Å². The van der Waals surface area contributed by atoms with Crippen LogP contribution in [0.15, 0.2) is 22.7 Å². The van der Waals surface area contributed by atoms with Gasteiger partial charge in [0.1, 0.15) is 5.75 Å². The summed E-state index contributed by atoms with van der Waals surface area (Å²) in [7, 11) is 0. The lowest BCUT2D eigenvalue weighted by molar-refractivity contribution is -0.146. The number of rotatable bonds is 6. The lowest BCUT2D eigenvalue weighted by atomic mass is 10.3. The average Bonchev–Trinajstić information content (AvgIpc) is 2.28. The molecule has 0 bridgehead atoms. The Labute approximate surface area is 114 Å². The molecule has 0 amide bonds. The van der Waals surface area contributed by atoms with Crippen molar-refractivity contribution in [3.63, 3.8) is 0 Å². The third-order valence-corrected chi connectivity index (χ3v) is 2.79. The van der Waals surface area contributed by atoms with Gasteiger partial charge in [-0.2, -0.15) is 0 Å². The second kappa shape index (κ2) is 7.56. The first-order chi connectivity index (χ1) is 8.13. The fourth-order valence-electron chi connectivity index (χ4n) is 1.10. The van der Waals surface area contributed by atoms with Gasteiger partial charge < -0.3 is 9.47 Å². The zero-order valence-corrected chi connectivity index (χ0v) is 11.9. The molecular formula is C12H14BrClO3. The van der Waals surface area contributed by atoms with Gasteiger partial charge in [0.25, 0.3) is 0 Å². The number of hydrogen-bond donors (Lipinski definition) is 0. The minimum Gasteiger partial charge on any atom is -0.480 e. The average molecular weight is 322 g/mol. The molecule has 0 saturated heterocycles. The smallest absolute Gasteiger partial charge is 0.344 e. The van der Waals surface area contributed by atoms with E-state index in [1.165, 1.54) is 0 Å². The quantitative estimate of drug-likeness (QED) is 0.590. The first-order valence-electron chi connectivity index (χ1n) is 5.37. The lowest BCUT2D eigenvalue weighted by Gasteiger charge is -2.08. The van der Waals surface area contributed by atoms with Crippen molar-refractivity contribution in [2.45, 2.75) is 19.8 Å². The normalized spacial score (nSPS) is 10.1. The standard InChI is InChI=1S/C12H14BrClO3/c1-2-3-6-16-12(15)8-17-11-5-4-9(13)7-10(11)14/h4-5,7H,2-3,6,8H2,1H3. The minimum atomic E-state index is -0.377. The molecule has 1 rings (SSSR count). The van der Waals surface area contributed by atoms with Gasteiger partial charge in [-0.1, -0.05) is 40.9 Å². The van der Waals surface area contributed by atoms with E-state index >= 15 is 0 Å². The van der Waals surface area contributed by atoms with Crippen LogP contribution in [-0.4, -0.2) is 19.2 Å². The van der Waals surface area contributed by atoms with Crippen LogP contribution in [0.3, 0.4) is 0 Å². The van der Waals surface area contributed by atoms with E-state index in [1.54, 1.807) is 18.2 Å². The van der Waals surface area contributed by atoms with E-state index in [0.29, 0.717) is 17.4 Å². The van der Waals surface area contributed by atoms with Gasteiger partial charge in [-0.05, 0) is 24.6 Å². The van der Waals surface area contributed by atoms with Crippen molar-refractivity contribution in [2.24, 2.45) is 0 Å². The van der Waals surface area contributed by atoms with E-state index in [9.17, 15) is 4.79 Å². The monoisotopic (exact) mass is 320 g/mol. The largest absolute Gasteiger partial charge is 0.480 e. The molecule has 0 fully saturated rings. The van der Waals surface area contributed by atoms with E-state index in [4.69, 9.17) is 21.1 Å². The van der Waals surface area contributed by atoms with Gasteiger partial charge in [-0.25, -0.2) is 4.79 Å². The van der Waals surface area contributed by atoms with Crippen LogP contribution >= 0.6 is 27.5 Å². The summed E-state index contributed by atoms with van der Waals surface area (Å²) in [6, 6.07) is 5.20. The highest BCUT2D eigenvalue weighted by atomic mass is 79.9. The molecule has 0 aromatic heterocycles. The van der Waals surface area contributed by atoms with E-state index in [1.807, 2.05) is 6.92 Å². The maximum atomic E-state index is 11.3. The first-order valence-corrected chi connectivity index (χ1v) is 6.54. The van der Waals surface area contributed by atoms with Crippen LogP contribution in [0.5, 0.6) is 5.75 Å². The maximum absolute atomic E-state index is 11.3. The van der Waals surface area contributed by atoms with Gasteiger partial charge in [0.05, 0.1) is 11.6 Å². The van der Waals surface area contributed by atoms with Crippen LogP contribution < -0.4 is 4.74 Å². The molecule has 5 heteroatoms. The molecule has 0 aliphatic carbocycles. The van der Waals surface area contributed by atoms with Gasteiger partial charge in [0.15, 0.2) is 6.61 Å². The Hall–Kier alpha value is -0.740. The molecule has 17 heavy (non-hydrogen) atoms. The SMILES string of the molecule is CCCCOC(=O)COc1ccc(Br)cc1Cl. The number of carbonyl (C=O) groups excluding carboxylic acids is 1. The van der Waals surface area contributed by atoms with Crippen LogP contribution in [0.1, 0.15) is 19.8 Å². The molecule has 0 aliphatic heterocycles. The number of carbonyl (C=O) groups is 1. The van der Waals surface area contributed by atoms with Crippen LogP contribution in [0, 0.1) is 0 Å². The summed E-state index contributed by atoms with van der Waals surface area (Å²) in [6.45, 7) is 2.35. The van der Waals surface area contributed by atoms with Crippen molar-refractivity contribution in [1.29, 1.82) is 0 Å². The number of ether oxygens (including phenoxy) is 2. The molecule has 1 aromatic carbocycles. The summed E-state index contributed by atoms with van der Waals surface area (Å²) in [5, 5.41) is 0.459. The van der Waals surface area contributed by atoms with Crippen LogP contribution in [0.2, 0.25) is 5.02 Å². The highest BCUT2D eigenvalue weighted by Gasteiger charge is 2.07. The summed E-state index contributed by atoms with van der Waals surface area (Å²) in [5.74, 6) is 0.0970. The van der Waals surface area contributed by atoms with E-state index in [0.717, 1.165) is 17.3 Å². The molecule has 0 heterocycles. The molecule has 1 aromatic rings. The van der Waals surface area contributed by atoms with Crippen LogP contribution in [0.25, 0.3) is 0 Å². The number of halogens is 2. The van der Waals surface area contributed by atoms with E-state index < -0.39 is 0 Å². The zero-order chi connectivity index (χ0) is 12.7. The van der Waals surface area contributed by atoms with Crippen molar-refractivity contribution in [2.75, 3.05) is 13.2 Å². The topological polar surface area (TPSA) is 35.5 Å². The molecule has 0 atom stereocenters. The first kappa shape index (κ1) is 14.3. The predicted octanol–water partition coefficient (Wildman–Crippen LogP) is 3.82. The summed E-state index contributed by atoms with van der Waals surface area (Å²) in [6.07, 6.45) is 1.86. The Kier molecular flexibility index (Phi) is 6.37. The van der Waals surface area contributed by atoms with Gasteiger partial charge in [0.2, 0.25) is 0 Å². The molecular weight excluding hydrogens is 307 g/mol. The molecule has 0 spiro atoms. The molecule has 3 nitrogen and oxygen atoms in total. The van der Waals surface area contributed by atoms with Gasteiger partial charge in [0, 0.05) is 4.47 Å². The Morgan fingerprint density at radius 1 is 1.47 bits per heavy atom. The number of unbranched alkanes of at least 4 members (excludes halogenated alkanes) is 1. The highest BCUT2D eigenvalue weighted by Crippen LogP contribution is 2.27. The lowest BCUT2D eigenvalue weighted by Crippen LogP contribution is -2.15.